The number of fused-ring (bicyclic) bond motifs is 5. The second-order valence-electron chi connectivity index (χ2n) is 6.03. The second kappa shape index (κ2) is 7.84. The number of ether oxygens (including phenoxy) is 1. The van der Waals surface area contributed by atoms with E-state index >= 15 is 0 Å². The molecular weight excluding hydrogens is 368 g/mol. The number of oxazole rings is 1. The van der Waals surface area contributed by atoms with Gasteiger partial charge in [0, 0.05) is 32.5 Å². The SMILES string of the molecule is CNCCCOCc1nc2c(o1)-c1ccccc1Sc1ccc(Cl)cc1-2. The summed E-state index contributed by atoms with van der Waals surface area (Å²) in [5.74, 6) is 1.37. The number of halogens is 1. The molecule has 3 aromatic rings. The Morgan fingerprint density at radius 2 is 2.00 bits per heavy atom. The van der Waals surface area contributed by atoms with Crippen molar-refractivity contribution in [1.82, 2.24) is 10.3 Å². The van der Waals surface area contributed by atoms with Crippen LogP contribution in [0, 0.1) is 0 Å². The van der Waals surface area contributed by atoms with Crippen LogP contribution in [0.4, 0.5) is 0 Å². The summed E-state index contributed by atoms with van der Waals surface area (Å²) in [4.78, 5) is 7.00. The number of benzene rings is 2. The van der Waals surface area contributed by atoms with Gasteiger partial charge in [0.1, 0.15) is 12.3 Å². The molecule has 6 heteroatoms. The fourth-order valence-corrected chi connectivity index (χ4v) is 4.17. The van der Waals surface area contributed by atoms with E-state index in [4.69, 9.17) is 25.7 Å². The van der Waals surface area contributed by atoms with E-state index in [1.165, 1.54) is 0 Å². The third-order valence-electron chi connectivity index (χ3n) is 4.16. The van der Waals surface area contributed by atoms with E-state index < -0.39 is 0 Å². The maximum Gasteiger partial charge on any atom is 0.221 e. The van der Waals surface area contributed by atoms with E-state index in [-0.39, 0.29) is 0 Å². The van der Waals surface area contributed by atoms with Crippen molar-refractivity contribution < 1.29 is 9.15 Å². The van der Waals surface area contributed by atoms with E-state index in [0.717, 1.165) is 45.3 Å². The number of rotatable bonds is 6. The summed E-state index contributed by atoms with van der Waals surface area (Å²) >= 11 is 7.96. The third-order valence-corrected chi connectivity index (χ3v) is 5.55. The predicted molar refractivity (Wildman–Crippen MR) is 105 cm³/mol. The summed E-state index contributed by atoms with van der Waals surface area (Å²) in [6.45, 7) is 1.96. The molecule has 1 aromatic heterocycles. The van der Waals surface area contributed by atoms with Gasteiger partial charge in [-0.25, -0.2) is 4.98 Å². The van der Waals surface area contributed by atoms with Gasteiger partial charge >= 0.3 is 0 Å². The lowest BCUT2D eigenvalue weighted by Crippen LogP contribution is -2.10. The minimum absolute atomic E-state index is 0.363. The molecule has 0 spiro atoms. The molecule has 0 unspecified atom stereocenters. The number of hydrogen-bond donors (Lipinski definition) is 1. The minimum Gasteiger partial charge on any atom is -0.437 e. The van der Waals surface area contributed by atoms with Gasteiger partial charge in [0.15, 0.2) is 5.76 Å². The Bertz CT molecular complexity index is 926. The Kier molecular flexibility index (Phi) is 5.31. The molecule has 2 heterocycles. The molecule has 0 amide bonds. The van der Waals surface area contributed by atoms with Crippen LogP contribution in [0.1, 0.15) is 12.3 Å². The Labute approximate surface area is 161 Å². The van der Waals surface area contributed by atoms with Crippen LogP contribution < -0.4 is 5.32 Å². The number of nitrogens with one attached hydrogen (secondary N) is 1. The van der Waals surface area contributed by atoms with Gasteiger partial charge in [-0.2, -0.15) is 0 Å². The van der Waals surface area contributed by atoms with E-state index in [9.17, 15) is 0 Å². The molecule has 2 aromatic carbocycles. The smallest absolute Gasteiger partial charge is 0.221 e. The van der Waals surface area contributed by atoms with Gasteiger partial charge < -0.3 is 14.5 Å². The number of aromatic nitrogens is 1. The fraction of sp³-hybridized carbons (Fsp3) is 0.250. The van der Waals surface area contributed by atoms with Crippen molar-refractivity contribution in [3.8, 4) is 22.6 Å². The predicted octanol–water partition coefficient (Wildman–Crippen LogP) is 5.25. The zero-order valence-electron chi connectivity index (χ0n) is 14.4. The molecule has 1 aliphatic rings. The summed E-state index contributed by atoms with van der Waals surface area (Å²) in [5.41, 5.74) is 2.88. The molecule has 1 N–H and O–H groups in total. The highest BCUT2D eigenvalue weighted by molar-refractivity contribution is 7.99. The number of hydrogen-bond acceptors (Lipinski definition) is 5. The first kappa shape index (κ1) is 17.6. The lowest BCUT2D eigenvalue weighted by Gasteiger charge is -2.06. The van der Waals surface area contributed by atoms with Gasteiger partial charge in [-0.05, 0) is 44.3 Å². The van der Waals surface area contributed by atoms with Crippen molar-refractivity contribution >= 4 is 23.4 Å². The lowest BCUT2D eigenvalue weighted by atomic mass is 10.1. The molecule has 1 aliphatic heterocycles. The highest BCUT2D eigenvalue weighted by Crippen LogP contribution is 2.48. The fourth-order valence-electron chi connectivity index (χ4n) is 2.94. The van der Waals surface area contributed by atoms with E-state index in [1.54, 1.807) is 11.8 Å². The summed E-state index contributed by atoms with van der Waals surface area (Å²) in [7, 11) is 1.93. The van der Waals surface area contributed by atoms with E-state index in [0.29, 0.717) is 24.1 Å². The highest BCUT2D eigenvalue weighted by Gasteiger charge is 2.25. The van der Waals surface area contributed by atoms with Gasteiger partial charge in [-0.15, -0.1) is 0 Å². The van der Waals surface area contributed by atoms with Crippen molar-refractivity contribution in [2.24, 2.45) is 0 Å². The van der Waals surface area contributed by atoms with Gasteiger partial charge in [-0.1, -0.05) is 41.6 Å². The molecule has 134 valence electrons. The van der Waals surface area contributed by atoms with Gasteiger partial charge in [-0.3, -0.25) is 0 Å². The Morgan fingerprint density at radius 1 is 1.15 bits per heavy atom. The Balaban J connectivity index is 1.71. The van der Waals surface area contributed by atoms with Crippen LogP contribution >= 0.6 is 23.4 Å². The molecular formula is C20H19ClN2O2S. The normalized spacial score (nSPS) is 12.2. The summed E-state index contributed by atoms with van der Waals surface area (Å²) in [6, 6.07) is 14.1. The van der Waals surface area contributed by atoms with Crippen LogP contribution in [0.3, 0.4) is 0 Å². The zero-order chi connectivity index (χ0) is 17.9. The molecule has 0 atom stereocenters. The average Bonchev–Trinajstić information content (AvgIpc) is 3.02. The van der Waals surface area contributed by atoms with Crippen LogP contribution in [0.2, 0.25) is 5.02 Å². The minimum atomic E-state index is 0.363. The lowest BCUT2D eigenvalue weighted by molar-refractivity contribution is 0.101. The Hall–Kier alpha value is -1.79. The monoisotopic (exact) mass is 386 g/mol. The molecule has 0 fully saturated rings. The maximum atomic E-state index is 6.25. The van der Waals surface area contributed by atoms with Crippen molar-refractivity contribution in [3.05, 3.63) is 53.4 Å². The molecule has 4 nitrogen and oxygen atoms in total. The Morgan fingerprint density at radius 3 is 2.88 bits per heavy atom. The largest absolute Gasteiger partial charge is 0.437 e. The first-order valence-electron chi connectivity index (χ1n) is 8.55. The first-order valence-corrected chi connectivity index (χ1v) is 9.75. The molecule has 0 aliphatic carbocycles. The van der Waals surface area contributed by atoms with Gasteiger partial charge in [0.05, 0.1) is 0 Å². The van der Waals surface area contributed by atoms with Gasteiger partial charge in [0.2, 0.25) is 5.89 Å². The van der Waals surface area contributed by atoms with Crippen LogP contribution in [0.15, 0.2) is 56.7 Å². The van der Waals surface area contributed by atoms with Crippen LogP contribution in [-0.2, 0) is 11.3 Å². The highest BCUT2D eigenvalue weighted by atomic mass is 35.5. The summed E-state index contributed by atoms with van der Waals surface area (Å²) in [6.07, 6.45) is 0.953. The molecule has 0 saturated carbocycles. The van der Waals surface area contributed by atoms with Crippen LogP contribution in [-0.4, -0.2) is 25.2 Å². The van der Waals surface area contributed by atoms with Crippen molar-refractivity contribution in [3.63, 3.8) is 0 Å². The van der Waals surface area contributed by atoms with Crippen molar-refractivity contribution in [2.45, 2.75) is 22.8 Å². The third kappa shape index (κ3) is 3.53. The zero-order valence-corrected chi connectivity index (χ0v) is 16.0. The molecule has 0 saturated heterocycles. The standard InChI is InChI=1S/C20H19ClN2O2S/c1-22-9-4-10-24-12-18-23-19-15-11-13(21)7-8-17(15)26-16-6-3-2-5-14(16)20(19)25-18/h2-3,5-8,11,22H,4,9-10,12H2,1H3. The van der Waals surface area contributed by atoms with Gasteiger partial charge in [0.25, 0.3) is 0 Å². The van der Waals surface area contributed by atoms with Crippen LogP contribution in [0.5, 0.6) is 0 Å². The topological polar surface area (TPSA) is 47.3 Å². The molecule has 0 bridgehead atoms. The average molecular weight is 387 g/mol. The van der Waals surface area contributed by atoms with E-state index in [1.807, 2.05) is 37.4 Å². The van der Waals surface area contributed by atoms with Crippen molar-refractivity contribution in [2.75, 3.05) is 20.2 Å². The molecule has 26 heavy (non-hydrogen) atoms. The van der Waals surface area contributed by atoms with Crippen LogP contribution in [0.25, 0.3) is 22.6 Å². The second-order valence-corrected chi connectivity index (χ2v) is 7.55. The quantitative estimate of drug-likeness (QED) is 0.458. The maximum absolute atomic E-state index is 6.25. The molecule has 0 radical (unpaired) electrons. The van der Waals surface area contributed by atoms with Crippen molar-refractivity contribution in [1.29, 1.82) is 0 Å². The molecule has 4 rings (SSSR count). The number of nitrogens with zero attached hydrogens (tertiary/aromatic N) is 1. The first-order chi connectivity index (χ1) is 12.8. The summed E-state index contributed by atoms with van der Waals surface area (Å²) in [5, 5.41) is 3.80. The summed E-state index contributed by atoms with van der Waals surface area (Å²) < 4.78 is 11.8. The van der Waals surface area contributed by atoms with E-state index in [2.05, 4.69) is 17.4 Å².